The van der Waals surface area contributed by atoms with Gasteiger partial charge in [0, 0.05) is 5.56 Å². The van der Waals surface area contributed by atoms with Crippen molar-refractivity contribution in [2.45, 2.75) is 19.8 Å². The Morgan fingerprint density at radius 1 is 1.28 bits per heavy atom. The van der Waals surface area contributed by atoms with E-state index >= 15 is 0 Å². The van der Waals surface area contributed by atoms with E-state index < -0.39 is 11.6 Å². The van der Waals surface area contributed by atoms with Crippen LogP contribution in [-0.2, 0) is 6.42 Å². The number of hydrogen-bond donors (Lipinski definition) is 1. The number of rotatable bonds is 3. The highest BCUT2D eigenvalue weighted by molar-refractivity contribution is 5.63. The average molecular weight is 250 g/mol. The third-order valence-electron chi connectivity index (χ3n) is 2.65. The van der Waals surface area contributed by atoms with E-state index in [9.17, 15) is 13.6 Å². The van der Waals surface area contributed by atoms with Gasteiger partial charge < -0.3 is 4.98 Å². The molecular weight excluding hydrogens is 238 g/mol. The predicted octanol–water partition coefficient (Wildman–Crippen LogP) is 2.67. The molecule has 0 amide bonds. The molecule has 3 nitrogen and oxygen atoms in total. The number of aromatic nitrogens is 2. The van der Waals surface area contributed by atoms with Crippen LogP contribution in [0, 0.1) is 11.6 Å². The summed E-state index contributed by atoms with van der Waals surface area (Å²) >= 11 is 0. The fraction of sp³-hybridized carbons (Fsp3) is 0.231. The Labute approximate surface area is 103 Å². The SMILES string of the molecule is CCCc1c(-c2c(F)cccc2F)nc[nH]c1=O. The molecule has 2 aromatic rings. The first-order chi connectivity index (χ1) is 8.65. The zero-order valence-electron chi connectivity index (χ0n) is 9.84. The summed E-state index contributed by atoms with van der Waals surface area (Å²) in [6.07, 6.45) is 2.27. The number of H-pyrrole nitrogens is 1. The molecule has 1 aromatic carbocycles. The number of halogens is 2. The predicted molar refractivity (Wildman–Crippen MR) is 64.2 cm³/mol. The number of nitrogens with one attached hydrogen (secondary N) is 1. The summed E-state index contributed by atoms with van der Waals surface area (Å²) in [6.45, 7) is 1.88. The van der Waals surface area contributed by atoms with Crippen molar-refractivity contribution in [1.82, 2.24) is 9.97 Å². The van der Waals surface area contributed by atoms with E-state index in [1.807, 2.05) is 6.92 Å². The Hall–Kier alpha value is -2.04. The molecule has 1 N–H and O–H groups in total. The molecule has 2 rings (SSSR count). The Balaban J connectivity index is 2.71. The molecule has 0 bridgehead atoms. The maximum absolute atomic E-state index is 13.7. The van der Waals surface area contributed by atoms with Crippen LogP contribution in [0.1, 0.15) is 18.9 Å². The minimum absolute atomic E-state index is 0.0798. The van der Waals surface area contributed by atoms with Crippen molar-refractivity contribution in [3.05, 3.63) is 52.1 Å². The van der Waals surface area contributed by atoms with Crippen LogP contribution in [0.2, 0.25) is 0 Å². The van der Waals surface area contributed by atoms with Crippen molar-refractivity contribution in [2.75, 3.05) is 0 Å². The molecule has 5 heteroatoms. The van der Waals surface area contributed by atoms with Gasteiger partial charge in [-0.1, -0.05) is 19.4 Å². The number of aromatic amines is 1. The molecule has 0 aliphatic rings. The lowest BCUT2D eigenvalue weighted by atomic mass is 10.0. The van der Waals surface area contributed by atoms with Gasteiger partial charge >= 0.3 is 0 Å². The van der Waals surface area contributed by atoms with Crippen molar-refractivity contribution < 1.29 is 8.78 Å². The highest BCUT2D eigenvalue weighted by Crippen LogP contribution is 2.25. The van der Waals surface area contributed by atoms with Crippen LogP contribution in [-0.4, -0.2) is 9.97 Å². The Kier molecular flexibility index (Phi) is 3.50. The Bertz CT molecular complexity index is 602. The molecule has 0 aliphatic heterocycles. The van der Waals surface area contributed by atoms with Gasteiger partial charge in [-0.3, -0.25) is 4.79 Å². The normalized spacial score (nSPS) is 10.6. The molecule has 0 saturated carbocycles. The third kappa shape index (κ3) is 2.16. The summed E-state index contributed by atoms with van der Waals surface area (Å²) in [5, 5.41) is 0. The van der Waals surface area contributed by atoms with E-state index in [4.69, 9.17) is 0 Å². The summed E-state index contributed by atoms with van der Waals surface area (Å²) in [6, 6.07) is 3.58. The van der Waals surface area contributed by atoms with E-state index in [1.165, 1.54) is 6.07 Å². The zero-order chi connectivity index (χ0) is 13.1. The van der Waals surface area contributed by atoms with Crippen LogP contribution in [0.3, 0.4) is 0 Å². The van der Waals surface area contributed by atoms with E-state index in [2.05, 4.69) is 9.97 Å². The van der Waals surface area contributed by atoms with Crippen LogP contribution in [0.15, 0.2) is 29.3 Å². The van der Waals surface area contributed by atoms with E-state index in [-0.39, 0.29) is 16.8 Å². The molecule has 0 aliphatic carbocycles. The quantitative estimate of drug-likeness (QED) is 0.910. The van der Waals surface area contributed by atoms with E-state index in [1.54, 1.807) is 0 Å². The minimum atomic E-state index is -0.717. The minimum Gasteiger partial charge on any atom is -0.313 e. The first-order valence-electron chi connectivity index (χ1n) is 5.66. The molecule has 94 valence electrons. The molecular formula is C13H12F2N2O. The average Bonchev–Trinajstić information content (AvgIpc) is 2.33. The van der Waals surface area contributed by atoms with E-state index in [0.29, 0.717) is 18.4 Å². The highest BCUT2D eigenvalue weighted by atomic mass is 19.1. The first kappa shape index (κ1) is 12.4. The molecule has 0 unspecified atom stereocenters. The number of nitrogens with zero attached hydrogens (tertiary/aromatic N) is 1. The second-order valence-electron chi connectivity index (χ2n) is 3.91. The zero-order valence-corrected chi connectivity index (χ0v) is 9.84. The lowest BCUT2D eigenvalue weighted by Crippen LogP contribution is -2.15. The molecule has 0 saturated heterocycles. The van der Waals surface area contributed by atoms with E-state index in [0.717, 1.165) is 18.5 Å². The molecule has 18 heavy (non-hydrogen) atoms. The standard InChI is InChI=1S/C13H12F2N2O/c1-2-4-8-12(16-7-17-13(8)18)11-9(14)5-3-6-10(11)15/h3,5-7H,2,4H2,1H3,(H,16,17,18). The fourth-order valence-corrected chi connectivity index (χ4v) is 1.85. The van der Waals surface area contributed by atoms with Crippen molar-refractivity contribution in [3.63, 3.8) is 0 Å². The van der Waals surface area contributed by atoms with Gasteiger partial charge in [0.2, 0.25) is 0 Å². The maximum atomic E-state index is 13.7. The second-order valence-corrected chi connectivity index (χ2v) is 3.91. The Morgan fingerprint density at radius 3 is 2.56 bits per heavy atom. The first-order valence-corrected chi connectivity index (χ1v) is 5.66. The molecule has 0 spiro atoms. The molecule has 1 aromatic heterocycles. The molecule has 0 atom stereocenters. The lowest BCUT2D eigenvalue weighted by Gasteiger charge is -2.08. The van der Waals surface area contributed by atoms with Gasteiger partial charge in [-0.2, -0.15) is 0 Å². The van der Waals surface area contributed by atoms with Gasteiger partial charge in [0.15, 0.2) is 0 Å². The largest absolute Gasteiger partial charge is 0.313 e. The third-order valence-corrected chi connectivity index (χ3v) is 2.65. The van der Waals surface area contributed by atoms with Crippen LogP contribution in [0.4, 0.5) is 8.78 Å². The highest BCUT2D eigenvalue weighted by Gasteiger charge is 2.17. The van der Waals surface area contributed by atoms with Crippen molar-refractivity contribution >= 4 is 0 Å². The van der Waals surface area contributed by atoms with Gasteiger partial charge in [-0.05, 0) is 18.6 Å². The summed E-state index contributed by atoms with van der Waals surface area (Å²) in [4.78, 5) is 18.0. The summed E-state index contributed by atoms with van der Waals surface area (Å²) < 4.78 is 27.4. The number of benzene rings is 1. The van der Waals surface area contributed by atoms with Gasteiger partial charge in [0.25, 0.3) is 5.56 Å². The number of hydrogen-bond acceptors (Lipinski definition) is 2. The molecule has 1 heterocycles. The van der Waals surface area contributed by atoms with Crippen molar-refractivity contribution in [2.24, 2.45) is 0 Å². The van der Waals surface area contributed by atoms with Crippen LogP contribution < -0.4 is 5.56 Å². The van der Waals surface area contributed by atoms with Gasteiger partial charge in [0.1, 0.15) is 11.6 Å². The van der Waals surface area contributed by atoms with Gasteiger partial charge in [0.05, 0.1) is 17.6 Å². The molecule has 0 fully saturated rings. The van der Waals surface area contributed by atoms with Crippen LogP contribution in [0.5, 0.6) is 0 Å². The van der Waals surface area contributed by atoms with Gasteiger partial charge in [-0.15, -0.1) is 0 Å². The summed E-state index contributed by atoms with van der Waals surface area (Å²) in [7, 11) is 0. The Morgan fingerprint density at radius 2 is 1.94 bits per heavy atom. The van der Waals surface area contributed by atoms with Crippen LogP contribution in [0.25, 0.3) is 11.3 Å². The van der Waals surface area contributed by atoms with Crippen molar-refractivity contribution in [3.8, 4) is 11.3 Å². The fourth-order valence-electron chi connectivity index (χ4n) is 1.85. The monoisotopic (exact) mass is 250 g/mol. The second kappa shape index (κ2) is 5.08. The van der Waals surface area contributed by atoms with Gasteiger partial charge in [-0.25, -0.2) is 13.8 Å². The van der Waals surface area contributed by atoms with Crippen LogP contribution >= 0.6 is 0 Å². The smallest absolute Gasteiger partial charge is 0.254 e. The maximum Gasteiger partial charge on any atom is 0.254 e. The lowest BCUT2D eigenvalue weighted by molar-refractivity contribution is 0.588. The molecule has 0 radical (unpaired) electrons. The summed E-state index contributed by atoms with van der Waals surface area (Å²) in [5.74, 6) is -1.43. The summed E-state index contributed by atoms with van der Waals surface area (Å²) in [5.41, 5.74) is -0.211. The topological polar surface area (TPSA) is 45.8 Å². The van der Waals surface area contributed by atoms with Crippen molar-refractivity contribution in [1.29, 1.82) is 0 Å².